The van der Waals surface area contributed by atoms with E-state index in [-0.39, 0.29) is 26.2 Å². The summed E-state index contributed by atoms with van der Waals surface area (Å²) in [6.07, 6.45) is 25.1. The average Bonchev–Trinajstić information content (AvgIpc) is 3.18. The number of hydrogen-bond donors (Lipinski definition) is 0. The number of unbranched alkanes of at least 4 members (excludes halogenated alkanes) is 2. The molecule has 0 unspecified atom stereocenters. The molecule has 0 aromatic heterocycles. The Balaban J connectivity index is 0. The maximum atomic E-state index is 4.50. The van der Waals surface area contributed by atoms with E-state index in [0.717, 1.165) is 12.8 Å². The van der Waals surface area contributed by atoms with Gasteiger partial charge in [-0.15, -0.1) is 12.8 Å². The fourth-order valence-corrected chi connectivity index (χ4v) is 1.98. The predicted molar refractivity (Wildman–Crippen MR) is 92.9 cm³/mol. The van der Waals surface area contributed by atoms with Crippen molar-refractivity contribution in [1.29, 1.82) is 0 Å². The van der Waals surface area contributed by atoms with E-state index in [0.29, 0.717) is 0 Å². The zero-order valence-corrected chi connectivity index (χ0v) is 17.5. The van der Waals surface area contributed by atoms with Crippen LogP contribution in [-0.4, -0.2) is 7.11 Å². The maximum Gasteiger partial charge on any atom is 2.00 e. The third kappa shape index (κ3) is 15.0. The van der Waals surface area contributed by atoms with Crippen LogP contribution < -0.4 is 0 Å². The Bertz CT molecular complexity index is 322. The van der Waals surface area contributed by atoms with Crippen LogP contribution in [0.1, 0.15) is 65.2 Å². The molecule has 0 aromatic carbocycles. The van der Waals surface area contributed by atoms with Crippen LogP contribution in [0.5, 0.6) is 0 Å². The summed E-state index contributed by atoms with van der Waals surface area (Å²) in [5, 5.41) is 0. The van der Waals surface area contributed by atoms with E-state index >= 15 is 0 Å². The Kier molecular flexibility index (Phi) is 21.2. The van der Waals surface area contributed by atoms with Gasteiger partial charge in [0.15, 0.2) is 0 Å². The molecule has 0 aliphatic heterocycles. The molecule has 0 aromatic rings. The molecule has 2 rings (SSSR count). The Morgan fingerprint density at radius 1 is 0.955 bits per heavy atom. The van der Waals surface area contributed by atoms with E-state index in [2.05, 4.69) is 66.5 Å². The van der Waals surface area contributed by atoms with E-state index in [9.17, 15) is 0 Å². The molecule has 2 aliphatic rings. The third-order valence-corrected chi connectivity index (χ3v) is 3.13. The minimum atomic E-state index is 0. The number of rotatable bonds is 6. The molecule has 0 radical (unpaired) electrons. The molecule has 122 valence electrons. The Labute approximate surface area is 161 Å². The molecule has 0 bridgehead atoms. The Morgan fingerprint density at radius 2 is 1.32 bits per heavy atom. The number of halogens is 1. The first-order valence-corrected chi connectivity index (χ1v) is 8.26. The van der Waals surface area contributed by atoms with Crippen LogP contribution in [-0.2, 0) is 30.5 Å². The predicted octanol–water partition coefficient (Wildman–Crippen LogP) is 6.52. The van der Waals surface area contributed by atoms with Crippen LogP contribution in [0, 0.1) is 12.2 Å². The second-order valence-corrected chi connectivity index (χ2v) is 5.29. The fraction of sp³-hybridized carbons (Fsp3) is 0.579. The SMILES string of the molecule is CCCCC1=[C-]CC=C1.CCCCC1=[C-]CC=C1.COCl.[Zr+2]. The number of hydrogen-bond acceptors (Lipinski definition) is 1. The molecule has 0 N–H and O–H groups in total. The van der Waals surface area contributed by atoms with Gasteiger partial charge in [0, 0.05) is 0 Å². The van der Waals surface area contributed by atoms with Gasteiger partial charge in [-0.05, 0) is 0 Å². The van der Waals surface area contributed by atoms with Gasteiger partial charge in [-0.2, -0.15) is 12.2 Å². The first kappa shape index (κ1) is 24.3. The zero-order chi connectivity index (χ0) is 15.8. The summed E-state index contributed by atoms with van der Waals surface area (Å²) >= 11 is 4.50. The van der Waals surface area contributed by atoms with Crippen LogP contribution in [0.4, 0.5) is 0 Å². The first-order chi connectivity index (χ1) is 10.3. The molecule has 0 amide bonds. The summed E-state index contributed by atoms with van der Waals surface area (Å²) in [7, 11) is 1.39. The molecule has 0 saturated heterocycles. The van der Waals surface area contributed by atoms with Crippen molar-refractivity contribution in [2.24, 2.45) is 0 Å². The summed E-state index contributed by atoms with van der Waals surface area (Å²) in [6.45, 7) is 4.44. The van der Waals surface area contributed by atoms with Crippen molar-refractivity contribution in [2.75, 3.05) is 7.11 Å². The normalized spacial score (nSPS) is 14.2. The van der Waals surface area contributed by atoms with Crippen LogP contribution in [0.15, 0.2) is 35.5 Å². The standard InChI is InChI=1S/2C9H13.CH3ClO.Zr/c2*1-2-3-6-9-7-4-5-8-9;1-3-2;/h2*4,7H,2-3,5-6H2,1H3;1H3;/q2*-1;;+2. The molecule has 3 heteroatoms. The molecule has 1 nitrogen and oxygen atoms in total. The van der Waals surface area contributed by atoms with Crippen molar-refractivity contribution >= 4 is 11.9 Å². The van der Waals surface area contributed by atoms with E-state index < -0.39 is 0 Å². The van der Waals surface area contributed by atoms with E-state index in [1.54, 1.807) is 0 Å². The zero-order valence-electron chi connectivity index (χ0n) is 14.3. The van der Waals surface area contributed by atoms with Gasteiger partial charge in [0.05, 0.1) is 19.0 Å². The summed E-state index contributed by atoms with van der Waals surface area (Å²) in [5.74, 6) is 0. The maximum absolute atomic E-state index is 4.50. The van der Waals surface area contributed by atoms with Crippen molar-refractivity contribution in [2.45, 2.75) is 65.2 Å². The third-order valence-electron chi connectivity index (χ3n) is 3.13. The van der Waals surface area contributed by atoms with Crippen LogP contribution in [0.3, 0.4) is 0 Å². The minimum absolute atomic E-state index is 0. The Hall–Kier alpha value is 0.0931. The van der Waals surface area contributed by atoms with Crippen molar-refractivity contribution < 1.29 is 30.5 Å². The second-order valence-electron chi connectivity index (χ2n) is 4.98. The van der Waals surface area contributed by atoms with Gasteiger partial charge in [-0.1, -0.05) is 52.4 Å². The van der Waals surface area contributed by atoms with Gasteiger partial charge in [0.2, 0.25) is 0 Å². The topological polar surface area (TPSA) is 9.23 Å². The largest absolute Gasteiger partial charge is 2.00 e. The summed E-state index contributed by atoms with van der Waals surface area (Å²) < 4.78 is 3.72. The smallest absolute Gasteiger partial charge is 0.283 e. The van der Waals surface area contributed by atoms with Crippen LogP contribution in [0.2, 0.25) is 0 Å². The molecule has 0 saturated carbocycles. The number of allylic oxidation sites excluding steroid dienone is 8. The summed E-state index contributed by atoms with van der Waals surface area (Å²) in [4.78, 5) is 0. The van der Waals surface area contributed by atoms with Gasteiger partial charge in [-0.3, -0.25) is 16.4 Å². The molecular formula is C19H29ClOZr. The molecular weight excluding hydrogens is 371 g/mol. The first-order valence-electron chi connectivity index (χ1n) is 7.95. The molecule has 0 atom stereocenters. The quantitative estimate of drug-likeness (QED) is 0.462. The summed E-state index contributed by atoms with van der Waals surface area (Å²) in [5.41, 5.74) is 2.83. The summed E-state index contributed by atoms with van der Waals surface area (Å²) in [6, 6.07) is 0. The van der Waals surface area contributed by atoms with Crippen molar-refractivity contribution in [3.05, 3.63) is 47.6 Å². The fourth-order valence-electron chi connectivity index (χ4n) is 1.98. The molecule has 0 heterocycles. The molecule has 0 fully saturated rings. The van der Waals surface area contributed by atoms with Gasteiger partial charge in [0.25, 0.3) is 0 Å². The van der Waals surface area contributed by atoms with Gasteiger partial charge in [-0.25, -0.2) is 23.3 Å². The van der Waals surface area contributed by atoms with E-state index in [1.807, 2.05) is 0 Å². The van der Waals surface area contributed by atoms with Crippen LogP contribution >= 0.6 is 11.9 Å². The van der Waals surface area contributed by atoms with E-state index in [1.165, 1.54) is 56.8 Å². The van der Waals surface area contributed by atoms with Crippen molar-refractivity contribution in [3.63, 3.8) is 0 Å². The Morgan fingerprint density at radius 3 is 1.55 bits per heavy atom. The van der Waals surface area contributed by atoms with Crippen LogP contribution in [0.25, 0.3) is 0 Å². The molecule has 2 aliphatic carbocycles. The minimum Gasteiger partial charge on any atom is -0.283 e. The van der Waals surface area contributed by atoms with Gasteiger partial charge < -0.3 is 0 Å². The van der Waals surface area contributed by atoms with Gasteiger partial charge >= 0.3 is 26.2 Å². The van der Waals surface area contributed by atoms with Gasteiger partial charge in [0.1, 0.15) is 0 Å². The molecule has 22 heavy (non-hydrogen) atoms. The van der Waals surface area contributed by atoms with E-state index in [4.69, 9.17) is 0 Å². The monoisotopic (exact) mass is 398 g/mol. The van der Waals surface area contributed by atoms with Crippen molar-refractivity contribution in [3.8, 4) is 0 Å². The average molecular weight is 400 g/mol. The second kappa shape index (κ2) is 19.1. The molecule has 0 spiro atoms. The van der Waals surface area contributed by atoms with Crippen molar-refractivity contribution in [1.82, 2.24) is 0 Å².